The first-order valence-electron chi connectivity index (χ1n) is 8.15. The minimum Gasteiger partial charge on any atom is -0.480 e. The van der Waals surface area contributed by atoms with Gasteiger partial charge in [0.25, 0.3) is 0 Å². The van der Waals surface area contributed by atoms with Crippen LogP contribution in [0.15, 0.2) is 12.1 Å². The molecule has 0 radical (unpaired) electrons. The molecule has 1 unspecified atom stereocenters. The van der Waals surface area contributed by atoms with Gasteiger partial charge in [0.1, 0.15) is 23.4 Å². The fourth-order valence-electron chi connectivity index (χ4n) is 3.27. The number of alkyl halides is 2. The van der Waals surface area contributed by atoms with Gasteiger partial charge in [0.2, 0.25) is 6.79 Å². The van der Waals surface area contributed by atoms with Crippen LogP contribution in [0.5, 0.6) is 17.2 Å². The van der Waals surface area contributed by atoms with Crippen LogP contribution in [-0.4, -0.2) is 50.2 Å². The van der Waals surface area contributed by atoms with Crippen LogP contribution in [0, 0.1) is 6.92 Å². The maximum atomic E-state index is 12.8. The number of carboxylic acid groups (broad SMARTS) is 1. The van der Waals surface area contributed by atoms with Crippen LogP contribution in [0.2, 0.25) is 0 Å². The summed E-state index contributed by atoms with van der Waals surface area (Å²) in [6.07, 6.45) is 0. The highest BCUT2D eigenvalue weighted by Crippen LogP contribution is 2.39. The zero-order chi connectivity index (χ0) is 19.1. The van der Waals surface area contributed by atoms with Gasteiger partial charge in [-0.2, -0.15) is 8.78 Å². The van der Waals surface area contributed by atoms with Crippen LogP contribution in [0.25, 0.3) is 0 Å². The van der Waals surface area contributed by atoms with E-state index in [0.29, 0.717) is 28.7 Å². The number of aliphatic carboxylic acids is 1. The SMILES string of the molecule is Cc1nnc2n1CC(C(=O)O)N(Cc1cc3c(cc1OC(F)F)OCO3)C2. The molecule has 0 saturated carbocycles. The third-order valence-corrected chi connectivity index (χ3v) is 4.58. The third kappa shape index (κ3) is 3.25. The van der Waals surface area contributed by atoms with Crippen molar-refractivity contribution in [1.82, 2.24) is 19.7 Å². The van der Waals surface area contributed by atoms with Gasteiger partial charge in [0.15, 0.2) is 11.5 Å². The molecule has 11 heteroatoms. The molecule has 27 heavy (non-hydrogen) atoms. The molecule has 144 valence electrons. The summed E-state index contributed by atoms with van der Waals surface area (Å²) in [4.78, 5) is 13.4. The van der Waals surface area contributed by atoms with E-state index in [0.717, 1.165) is 0 Å². The number of benzene rings is 1. The molecule has 2 aromatic rings. The number of rotatable bonds is 5. The lowest BCUT2D eigenvalue weighted by molar-refractivity contribution is -0.145. The van der Waals surface area contributed by atoms with Crippen LogP contribution in [0.3, 0.4) is 0 Å². The molecule has 1 N–H and O–H groups in total. The Morgan fingerprint density at radius 2 is 2.11 bits per heavy atom. The summed E-state index contributed by atoms with van der Waals surface area (Å²) < 4.78 is 42.5. The molecule has 3 heterocycles. The summed E-state index contributed by atoms with van der Waals surface area (Å²) in [6, 6.07) is 2.00. The number of carboxylic acids is 1. The Labute approximate surface area is 152 Å². The number of aryl methyl sites for hydroxylation is 1. The number of carbonyl (C=O) groups is 1. The predicted octanol–water partition coefficient (Wildman–Crippen LogP) is 1.39. The Kier molecular flexibility index (Phi) is 4.30. The molecule has 1 aromatic carbocycles. The lowest BCUT2D eigenvalue weighted by Gasteiger charge is -2.33. The molecule has 0 fully saturated rings. The quantitative estimate of drug-likeness (QED) is 0.828. The number of halogens is 2. The number of hydrogen-bond donors (Lipinski definition) is 1. The summed E-state index contributed by atoms with van der Waals surface area (Å²) in [6.45, 7) is -0.860. The Morgan fingerprint density at radius 3 is 2.81 bits per heavy atom. The summed E-state index contributed by atoms with van der Waals surface area (Å²) >= 11 is 0. The number of ether oxygens (including phenoxy) is 3. The minimum atomic E-state index is -3.02. The highest BCUT2D eigenvalue weighted by Gasteiger charge is 2.34. The van der Waals surface area contributed by atoms with Gasteiger partial charge in [-0.3, -0.25) is 9.69 Å². The van der Waals surface area contributed by atoms with Crippen molar-refractivity contribution in [2.24, 2.45) is 0 Å². The summed E-state index contributed by atoms with van der Waals surface area (Å²) in [5.41, 5.74) is 0.371. The van der Waals surface area contributed by atoms with E-state index in [9.17, 15) is 18.7 Å². The van der Waals surface area contributed by atoms with Crippen molar-refractivity contribution >= 4 is 5.97 Å². The first-order chi connectivity index (χ1) is 12.9. The predicted molar refractivity (Wildman–Crippen MR) is 84.6 cm³/mol. The number of hydrogen-bond acceptors (Lipinski definition) is 7. The van der Waals surface area contributed by atoms with Crippen LogP contribution in [-0.2, 0) is 24.4 Å². The van der Waals surface area contributed by atoms with Crippen LogP contribution >= 0.6 is 0 Å². The van der Waals surface area contributed by atoms with Gasteiger partial charge < -0.3 is 23.9 Å². The van der Waals surface area contributed by atoms with Crippen molar-refractivity contribution in [2.75, 3.05) is 6.79 Å². The van der Waals surface area contributed by atoms with Gasteiger partial charge in [0, 0.05) is 18.2 Å². The topological polar surface area (TPSA) is 98.9 Å². The Bertz CT molecular complexity index is 888. The number of fused-ring (bicyclic) bond motifs is 2. The zero-order valence-corrected chi connectivity index (χ0v) is 14.3. The van der Waals surface area contributed by atoms with Crippen molar-refractivity contribution < 1.29 is 32.9 Å². The van der Waals surface area contributed by atoms with Gasteiger partial charge in [-0.15, -0.1) is 10.2 Å². The van der Waals surface area contributed by atoms with E-state index in [-0.39, 0.29) is 32.2 Å². The molecule has 4 rings (SSSR count). The second kappa shape index (κ2) is 6.65. The second-order valence-corrected chi connectivity index (χ2v) is 6.22. The van der Waals surface area contributed by atoms with E-state index < -0.39 is 18.6 Å². The van der Waals surface area contributed by atoms with E-state index in [1.54, 1.807) is 16.4 Å². The van der Waals surface area contributed by atoms with Crippen LogP contribution < -0.4 is 14.2 Å². The Hall–Kier alpha value is -2.95. The zero-order valence-electron chi connectivity index (χ0n) is 14.3. The molecule has 0 amide bonds. The van der Waals surface area contributed by atoms with E-state index in [4.69, 9.17) is 9.47 Å². The molecule has 2 aliphatic rings. The van der Waals surface area contributed by atoms with Crippen LogP contribution in [0.4, 0.5) is 8.78 Å². The molecule has 2 aliphatic heterocycles. The molecule has 1 aromatic heterocycles. The molecule has 0 aliphatic carbocycles. The summed E-state index contributed by atoms with van der Waals surface area (Å²) in [5.74, 6) is 0.836. The third-order valence-electron chi connectivity index (χ3n) is 4.58. The molecule has 1 atom stereocenters. The Morgan fingerprint density at radius 1 is 1.37 bits per heavy atom. The normalized spacial score (nSPS) is 18.6. The van der Waals surface area contributed by atoms with E-state index in [1.807, 2.05) is 0 Å². The maximum Gasteiger partial charge on any atom is 0.387 e. The number of aromatic nitrogens is 3. The van der Waals surface area contributed by atoms with Crippen LogP contribution in [0.1, 0.15) is 17.2 Å². The molecule has 9 nitrogen and oxygen atoms in total. The molecular weight excluding hydrogens is 366 g/mol. The first kappa shape index (κ1) is 17.5. The van der Waals surface area contributed by atoms with Gasteiger partial charge in [-0.05, 0) is 13.0 Å². The smallest absolute Gasteiger partial charge is 0.387 e. The lowest BCUT2D eigenvalue weighted by atomic mass is 10.1. The minimum absolute atomic E-state index is 0.0171. The van der Waals surface area contributed by atoms with Gasteiger partial charge in [-0.1, -0.05) is 0 Å². The number of nitrogens with zero attached hydrogens (tertiary/aromatic N) is 4. The largest absolute Gasteiger partial charge is 0.480 e. The lowest BCUT2D eigenvalue weighted by Crippen LogP contribution is -2.47. The fourth-order valence-corrected chi connectivity index (χ4v) is 3.27. The maximum absolute atomic E-state index is 12.8. The molecule has 0 bridgehead atoms. The van der Waals surface area contributed by atoms with E-state index in [2.05, 4.69) is 14.9 Å². The molecule has 0 saturated heterocycles. The van der Waals surface area contributed by atoms with Crippen molar-refractivity contribution in [1.29, 1.82) is 0 Å². The molecular formula is C16H16F2N4O5. The van der Waals surface area contributed by atoms with Gasteiger partial charge in [-0.25, -0.2) is 0 Å². The first-order valence-corrected chi connectivity index (χ1v) is 8.15. The average Bonchev–Trinajstić information content (AvgIpc) is 3.20. The van der Waals surface area contributed by atoms with E-state index >= 15 is 0 Å². The summed E-state index contributed by atoms with van der Waals surface area (Å²) in [5, 5.41) is 17.6. The highest BCUT2D eigenvalue weighted by molar-refractivity contribution is 5.73. The standard InChI is InChI=1S/C16H16F2N4O5/c1-8-19-20-14-6-21(10(15(23)24)5-22(8)14)4-9-2-12-13(26-7-25-12)3-11(9)27-16(17)18/h2-3,10,16H,4-7H2,1H3,(H,23,24). The van der Waals surface area contributed by atoms with Crippen molar-refractivity contribution in [2.45, 2.75) is 39.2 Å². The monoisotopic (exact) mass is 382 g/mol. The fraction of sp³-hybridized carbons (Fsp3) is 0.438. The second-order valence-electron chi connectivity index (χ2n) is 6.22. The van der Waals surface area contributed by atoms with Gasteiger partial charge >= 0.3 is 12.6 Å². The highest BCUT2D eigenvalue weighted by atomic mass is 19.3. The summed E-state index contributed by atoms with van der Waals surface area (Å²) in [7, 11) is 0. The van der Waals surface area contributed by atoms with Crippen molar-refractivity contribution in [3.05, 3.63) is 29.3 Å². The van der Waals surface area contributed by atoms with E-state index in [1.165, 1.54) is 12.1 Å². The Balaban J connectivity index is 1.66. The van der Waals surface area contributed by atoms with Crippen molar-refractivity contribution in [3.63, 3.8) is 0 Å². The van der Waals surface area contributed by atoms with Gasteiger partial charge in [0.05, 0.1) is 13.1 Å². The van der Waals surface area contributed by atoms with Crippen molar-refractivity contribution in [3.8, 4) is 17.2 Å². The molecule has 0 spiro atoms. The average molecular weight is 382 g/mol.